The van der Waals surface area contributed by atoms with Gasteiger partial charge in [-0.05, 0) is 19.1 Å². The third-order valence-electron chi connectivity index (χ3n) is 4.44. The monoisotopic (exact) mass is 362 g/mol. The first-order valence-electron chi connectivity index (χ1n) is 8.28. The van der Waals surface area contributed by atoms with Crippen LogP contribution in [0.4, 0.5) is 0 Å². The molecule has 7 nitrogen and oxygen atoms in total. The number of hydrogen-bond acceptors (Lipinski definition) is 6. The van der Waals surface area contributed by atoms with Crippen LogP contribution < -0.4 is 0 Å². The van der Waals surface area contributed by atoms with Gasteiger partial charge in [-0.25, -0.2) is 4.68 Å². The maximum absolute atomic E-state index is 12.0. The highest BCUT2D eigenvalue weighted by Crippen LogP contribution is 2.22. The van der Waals surface area contributed by atoms with Crippen molar-refractivity contribution in [3.05, 3.63) is 35.1 Å². The lowest BCUT2D eigenvalue weighted by Gasteiger charge is -2.21. The Kier molecular flexibility index (Phi) is 5.31. The minimum atomic E-state index is -0.555. The second-order valence-electron chi connectivity index (χ2n) is 6.06. The zero-order valence-corrected chi connectivity index (χ0v) is 15.1. The predicted molar refractivity (Wildman–Crippen MR) is 95.3 cm³/mol. The number of aliphatic hydroxyl groups is 1. The fourth-order valence-corrected chi connectivity index (χ4v) is 3.52. The van der Waals surface area contributed by atoms with Gasteiger partial charge in [0.05, 0.1) is 19.9 Å². The van der Waals surface area contributed by atoms with Crippen molar-refractivity contribution in [3.8, 4) is 11.4 Å². The summed E-state index contributed by atoms with van der Waals surface area (Å²) in [4.78, 5) is 13.8. The standard InChI is InChI=1S/C17H22N4O3S/c1-3-20-15(12-7-5-4-6-8-12)18-21(17(20)25)11-19-10-13(22)9-14(19)16(23)24-2/h4-8,13-14,22H,3,9-11H2,1-2H3/t13-,14+/m1/s1. The number of benzene rings is 1. The van der Waals surface area contributed by atoms with Crippen LogP contribution in [-0.4, -0.2) is 56.1 Å². The molecule has 0 saturated carbocycles. The summed E-state index contributed by atoms with van der Waals surface area (Å²) in [6.07, 6.45) is -0.194. The number of methoxy groups -OCH3 is 1. The number of ether oxygens (including phenoxy) is 1. The van der Waals surface area contributed by atoms with Gasteiger partial charge in [-0.2, -0.15) is 5.10 Å². The Morgan fingerprint density at radius 2 is 2.12 bits per heavy atom. The molecule has 0 bridgehead atoms. The van der Waals surface area contributed by atoms with Crippen LogP contribution in [0.2, 0.25) is 0 Å². The first-order chi connectivity index (χ1) is 12.0. The molecular weight excluding hydrogens is 340 g/mol. The largest absolute Gasteiger partial charge is 0.468 e. The Morgan fingerprint density at radius 1 is 1.40 bits per heavy atom. The summed E-state index contributed by atoms with van der Waals surface area (Å²) in [5.74, 6) is 0.448. The number of aliphatic hydroxyl groups excluding tert-OH is 1. The summed E-state index contributed by atoms with van der Waals surface area (Å²) in [6.45, 7) is 3.45. The van der Waals surface area contributed by atoms with Crippen LogP contribution in [0.1, 0.15) is 13.3 Å². The topological polar surface area (TPSA) is 72.5 Å². The average molecular weight is 362 g/mol. The molecule has 8 heteroatoms. The van der Waals surface area contributed by atoms with Gasteiger partial charge < -0.3 is 14.4 Å². The predicted octanol–water partition coefficient (Wildman–Crippen LogP) is 1.67. The van der Waals surface area contributed by atoms with E-state index in [1.807, 2.05) is 46.7 Å². The summed E-state index contributed by atoms with van der Waals surface area (Å²) in [7, 11) is 1.36. The van der Waals surface area contributed by atoms with Gasteiger partial charge in [-0.1, -0.05) is 30.3 Å². The highest BCUT2D eigenvalue weighted by atomic mass is 32.1. The highest BCUT2D eigenvalue weighted by molar-refractivity contribution is 7.71. The SMILES string of the molecule is CCn1c(-c2ccccc2)nn(CN2C[C@H](O)C[C@H]2C(=O)OC)c1=S. The van der Waals surface area contributed by atoms with E-state index in [4.69, 9.17) is 17.0 Å². The highest BCUT2D eigenvalue weighted by Gasteiger charge is 2.37. The van der Waals surface area contributed by atoms with Gasteiger partial charge >= 0.3 is 5.97 Å². The average Bonchev–Trinajstić information content (AvgIpc) is 3.15. The molecule has 1 N–H and O–H groups in total. The van der Waals surface area contributed by atoms with E-state index in [9.17, 15) is 9.90 Å². The minimum absolute atomic E-state index is 0.336. The minimum Gasteiger partial charge on any atom is -0.468 e. The van der Waals surface area contributed by atoms with E-state index in [1.54, 1.807) is 4.68 Å². The van der Waals surface area contributed by atoms with Crippen LogP contribution in [0.25, 0.3) is 11.4 Å². The molecule has 25 heavy (non-hydrogen) atoms. The number of nitrogens with zero attached hydrogens (tertiary/aromatic N) is 4. The van der Waals surface area contributed by atoms with Gasteiger partial charge in [-0.3, -0.25) is 9.69 Å². The number of aromatic nitrogens is 3. The summed E-state index contributed by atoms with van der Waals surface area (Å²) in [6, 6.07) is 9.38. The molecule has 2 heterocycles. The normalized spacial score (nSPS) is 20.8. The summed E-state index contributed by atoms with van der Waals surface area (Å²) >= 11 is 5.57. The number of carbonyl (C=O) groups is 1. The molecule has 0 unspecified atom stereocenters. The smallest absolute Gasteiger partial charge is 0.323 e. The zero-order valence-electron chi connectivity index (χ0n) is 14.3. The van der Waals surface area contributed by atoms with E-state index in [2.05, 4.69) is 5.10 Å². The molecule has 0 spiro atoms. The Labute approximate surface area is 151 Å². The van der Waals surface area contributed by atoms with Crippen molar-refractivity contribution < 1.29 is 14.6 Å². The van der Waals surface area contributed by atoms with E-state index in [0.717, 1.165) is 11.4 Å². The molecule has 2 atom stereocenters. The number of likely N-dealkylation sites (tertiary alicyclic amines) is 1. The van der Waals surface area contributed by atoms with Gasteiger partial charge in [0.15, 0.2) is 10.6 Å². The lowest BCUT2D eigenvalue weighted by Crippen LogP contribution is -2.38. The van der Waals surface area contributed by atoms with Gasteiger partial charge in [-0.15, -0.1) is 0 Å². The molecule has 1 aromatic heterocycles. The zero-order chi connectivity index (χ0) is 18.0. The summed E-state index contributed by atoms with van der Waals surface area (Å²) in [5, 5.41) is 14.6. The van der Waals surface area contributed by atoms with Crippen molar-refractivity contribution in [2.75, 3.05) is 13.7 Å². The summed E-state index contributed by atoms with van der Waals surface area (Å²) in [5.41, 5.74) is 0.986. The van der Waals surface area contributed by atoms with Crippen molar-refractivity contribution in [2.24, 2.45) is 0 Å². The molecular formula is C17H22N4O3S. The van der Waals surface area contributed by atoms with Crippen LogP contribution in [-0.2, 0) is 22.7 Å². The summed E-state index contributed by atoms with van der Waals surface area (Å²) < 4.78 is 9.10. The molecule has 1 aromatic carbocycles. The van der Waals surface area contributed by atoms with Crippen molar-refractivity contribution in [3.63, 3.8) is 0 Å². The molecule has 0 aliphatic carbocycles. The number of hydrogen-bond donors (Lipinski definition) is 1. The molecule has 3 rings (SSSR count). The fourth-order valence-electron chi connectivity index (χ4n) is 3.21. The van der Waals surface area contributed by atoms with Gasteiger partial charge in [0, 0.05) is 25.1 Å². The Bertz CT molecular complexity index is 802. The Hall–Kier alpha value is -2.03. The maximum Gasteiger partial charge on any atom is 0.323 e. The second-order valence-corrected chi connectivity index (χ2v) is 6.42. The third-order valence-corrected chi connectivity index (χ3v) is 4.87. The second kappa shape index (κ2) is 7.47. The molecule has 0 amide bonds. The fraction of sp³-hybridized carbons (Fsp3) is 0.471. The molecule has 1 saturated heterocycles. The Balaban J connectivity index is 1.92. The van der Waals surface area contributed by atoms with E-state index in [1.165, 1.54) is 7.11 Å². The van der Waals surface area contributed by atoms with Crippen molar-refractivity contribution >= 4 is 18.2 Å². The number of rotatable bonds is 5. The van der Waals surface area contributed by atoms with Gasteiger partial charge in [0.25, 0.3) is 0 Å². The molecule has 0 radical (unpaired) electrons. The van der Waals surface area contributed by atoms with Crippen LogP contribution in [0.15, 0.2) is 30.3 Å². The van der Waals surface area contributed by atoms with E-state index < -0.39 is 12.1 Å². The van der Waals surface area contributed by atoms with Crippen molar-refractivity contribution in [2.45, 2.75) is 38.7 Å². The Morgan fingerprint density at radius 3 is 2.76 bits per heavy atom. The quantitative estimate of drug-likeness (QED) is 0.644. The molecule has 1 aliphatic heterocycles. The first kappa shape index (κ1) is 17.8. The molecule has 1 aliphatic rings. The molecule has 134 valence electrons. The lowest BCUT2D eigenvalue weighted by atomic mass is 10.2. The number of carbonyl (C=O) groups excluding carboxylic acids is 1. The van der Waals surface area contributed by atoms with Gasteiger partial charge in [0.2, 0.25) is 0 Å². The van der Waals surface area contributed by atoms with E-state index in [-0.39, 0.29) is 5.97 Å². The van der Waals surface area contributed by atoms with Crippen molar-refractivity contribution in [1.29, 1.82) is 0 Å². The van der Waals surface area contributed by atoms with Crippen LogP contribution in [0.3, 0.4) is 0 Å². The lowest BCUT2D eigenvalue weighted by molar-refractivity contribution is -0.146. The van der Waals surface area contributed by atoms with Crippen molar-refractivity contribution in [1.82, 2.24) is 19.2 Å². The van der Waals surface area contributed by atoms with E-state index in [0.29, 0.717) is 31.0 Å². The van der Waals surface area contributed by atoms with Crippen LogP contribution in [0, 0.1) is 4.77 Å². The first-order valence-corrected chi connectivity index (χ1v) is 8.69. The number of esters is 1. The van der Waals surface area contributed by atoms with Crippen LogP contribution >= 0.6 is 12.2 Å². The van der Waals surface area contributed by atoms with E-state index >= 15 is 0 Å². The third kappa shape index (κ3) is 3.51. The number of β-amino-alcohol motifs (C(OH)–C–C–N with tert-alkyl or cyclic N) is 1. The van der Waals surface area contributed by atoms with Crippen LogP contribution in [0.5, 0.6) is 0 Å². The maximum atomic E-state index is 12.0. The molecule has 1 fully saturated rings. The molecule has 2 aromatic rings. The van der Waals surface area contributed by atoms with Gasteiger partial charge in [0.1, 0.15) is 6.04 Å².